The van der Waals surface area contributed by atoms with Crippen molar-refractivity contribution in [3.8, 4) is 0 Å². The largest absolute Gasteiger partial charge is 0.411 e. The second-order valence-corrected chi connectivity index (χ2v) is 4.74. The van der Waals surface area contributed by atoms with Gasteiger partial charge in [0.15, 0.2) is 0 Å². The summed E-state index contributed by atoms with van der Waals surface area (Å²) in [5.41, 5.74) is 0. The van der Waals surface area contributed by atoms with E-state index < -0.39 is 29.4 Å². The molecule has 0 amide bonds. The number of ether oxygens (including phenoxy) is 1. The molecule has 0 fully saturated rings. The summed E-state index contributed by atoms with van der Waals surface area (Å²) in [7, 11) is -1.48. The summed E-state index contributed by atoms with van der Waals surface area (Å²) in [5.74, 6) is -0.513. The van der Waals surface area contributed by atoms with Gasteiger partial charge in [-0.15, -0.1) is 0 Å². The van der Waals surface area contributed by atoms with E-state index in [0.717, 1.165) is 12.1 Å². The fourth-order valence-corrected chi connectivity index (χ4v) is 1.97. The van der Waals surface area contributed by atoms with Crippen LogP contribution >= 0.6 is 0 Å². The lowest BCUT2D eigenvalue weighted by molar-refractivity contribution is -0.172. The van der Waals surface area contributed by atoms with Gasteiger partial charge in [0.1, 0.15) is 12.4 Å². The third-order valence-corrected chi connectivity index (χ3v) is 3.09. The van der Waals surface area contributed by atoms with Gasteiger partial charge in [0.25, 0.3) is 0 Å². The molecule has 1 aromatic rings. The molecule has 0 heterocycles. The van der Waals surface area contributed by atoms with Crippen molar-refractivity contribution in [2.45, 2.75) is 11.1 Å². The van der Waals surface area contributed by atoms with Crippen LogP contribution in [0.3, 0.4) is 0 Å². The van der Waals surface area contributed by atoms with Crippen molar-refractivity contribution in [1.29, 1.82) is 0 Å². The molecule has 0 saturated heterocycles. The molecular formula is C10H10F4O2S. The number of rotatable bonds is 5. The van der Waals surface area contributed by atoms with E-state index in [1.807, 2.05) is 0 Å². The maximum Gasteiger partial charge on any atom is 0.411 e. The van der Waals surface area contributed by atoms with Crippen molar-refractivity contribution in [2.75, 3.05) is 19.0 Å². The fraction of sp³-hybridized carbons (Fsp3) is 0.400. The van der Waals surface area contributed by atoms with Crippen LogP contribution in [0.5, 0.6) is 0 Å². The van der Waals surface area contributed by atoms with E-state index in [9.17, 15) is 21.8 Å². The predicted octanol–water partition coefficient (Wildman–Crippen LogP) is 2.51. The van der Waals surface area contributed by atoms with Crippen LogP contribution in [0.25, 0.3) is 0 Å². The monoisotopic (exact) mass is 270 g/mol. The van der Waals surface area contributed by atoms with Crippen LogP contribution in [-0.2, 0) is 15.5 Å². The first-order valence-corrected chi connectivity index (χ1v) is 5.99. The summed E-state index contributed by atoms with van der Waals surface area (Å²) in [6.45, 7) is -1.61. The SMILES string of the molecule is O=S(CCOCC(F)(F)F)c1ccc(F)cc1. The van der Waals surface area contributed by atoms with Crippen LogP contribution < -0.4 is 0 Å². The fourth-order valence-electron chi connectivity index (χ4n) is 1.03. The van der Waals surface area contributed by atoms with E-state index in [2.05, 4.69) is 4.74 Å². The molecule has 96 valence electrons. The van der Waals surface area contributed by atoms with E-state index in [1.54, 1.807) is 0 Å². The van der Waals surface area contributed by atoms with E-state index >= 15 is 0 Å². The molecule has 0 spiro atoms. The second-order valence-electron chi connectivity index (χ2n) is 3.17. The number of hydrogen-bond donors (Lipinski definition) is 0. The summed E-state index contributed by atoms with van der Waals surface area (Å²) in [6, 6.07) is 4.94. The van der Waals surface area contributed by atoms with Crippen molar-refractivity contribution in [2.24, 2.45) is 0 Å². The molecule has 17 heavy (non-hydrogen) atoms. The Labute approximate surface area is 98.0 Å². The third kappa shape index (κ3) is 5.78. The van der Waals surface area contributed by atoms with Crippen LogP contribution in [0.1, 0.15) is 0 Å². The van der Waals surface area contributed by atoms with Gasteiger partial charge in [-0.3, -0.25) is 4.21 Å². The van der Waals surface area contributed by atoms with Crippen LogP contribution in [-0.4, -0.2) is 29.4 Å². The topological polar surface area (TPSA) is 26.3 Å². The quantitative estimate of drug-likeness (QED) is 0.607. The Bertz CT molecular complexity index is 375. The van der Waals surface area contributed by atoms with E-state index in [1.165, 1.54) is 12.1 Å². The smallest absolute Gasteiger partial charge is 0.371 e. The van der Waals surface area contributed by atoms with Crippen LogP contribution in [0.4, 0.5) is 17.6 Å². The standard InChI is InChI=1S/C10H10F4O2S/c11-8-1-3-9(4-2-8)17(15)6-5-16-7-10(12,13)14/h1-4H,5-7H2. The number of alkyl halides is 3. The molecule has 0 aliphatic rings. The average Bonchev–Trinajstić information content (AvgIpc) is 2.24. The molecule has 7 heteroatoms. The Hall–Kier alpha value is -0.950. The van der Waals surface area contributed by atoms with Gasteiger partial charge in [0.05, 0.1) is 23.2 Å². The molecular weight excluding hydrogens is 260 g/mol. The zero-order chi connectivity index (χ0) is 12.9. The zero-order valence-electron chi connectivity index (χ0n) is 8.67. The van der Waals surface area contributed by atoms with E-state index in [4.69, 9.17) is 0 Å². The van der Waals surface area contributed by atoms with Gasteiger partial charge in [0, 0.05) is 4.90 Å². The number of halogens is 4. The predicted molar refractivity (Wildman–Crippen MR) is 54.5 cm³/mol. The molecule has 0 aliphatic heterocycles. The summed E-state index contributed by atoms with van der Waals surface area (Å²) in [4.78, 5) is 0.363. The molecule has 1 unspecified atom stereocenters. The number of benzene rings is 1. The first kappa shape index (κ1) is 14.1. The molecule has 0 aliphatic carbocycles. The van der Waals surface area contributed by atoms with Crippen molar-refractivity contribution < 1.29 is 26.5 Å². The van der Waals surface area contributed by atoms with Gasteiger partial charge >= 0.3 is 6.18 Å². The summed E-state index contributed by atoms with van der Waals surface area (Å²) in [6.07, 6.45) is -4.38. The molecule has 0 N–H and O–H groups in total. The Morgan fingerprint density at radius 2 is 1.76 bits per heavy atom. The summed E-state index contributed by atoms with van der Waals surface area (Å²) < 4.78 is 63.5. The van der Waals surface area contributed by atoms with Gasteiger partial charge in [-0.25, -0.2) is 4.39 Å². The first-order chi connectivity index (χ1) is 7.88. The highest BCUT2D eigenvalue weighted by molar-refractivity contribution is 7.85. The highest BCUT2D eigenvalue weighted by Crippen LogP contribution is 2.14. The summed E-state index contributed by atoms with van der Waals surface area (Å²) in [5, 5.41) is 0. The number of hydrogen-bond acceptors (Lipinski definition) is 2. The zero-order valence-corrected chi connectivity index (χ0v) is 9.48. The summed E-state index contributed by atoms with van der Waals surface area (Å²) >= 11 is 0. The highest BCUT2D eigenvalue weighted by atomic mass is 32.2. The Morgan fingerprint density at radius 3 is 2.29 bits per heavy atom. The average molecular weight is 270 g/mol. The van der Waals surface area contributed by atoms with Crippen LogP contribution in [0.15, 0.2) is 29.2 Å². The maximum absolute atomic E-state index is 12.5. The molecule has 0 bridgehead atoms. The van der Waals surface area contributed by atoms with Gasteiger partial charge in [-0.05, 0) is 24.3 Å². The molecule has 1 atom stereocenters. The van der Waals surface area contributed by atoms with E-state index in [0.29, 0.717) is 4.90 Å². The Balaban J connectivity index is 2.33. The minimum absolute atomic E-state index is 0.0539. The molecule has 0 saturated carbocycles. The maximum atomic E-state index is 12.5. The van der Waals surface area contributed by atoms with Gasteiger partial charge in [-0.2, -0.15) is 13.2 Å². The minimum atomic E-state index is -4.38. The first-order valence-electron chi connectivity index (χ1n) is 4.67. The van der Waals surface area contributed by atoms with Crippen LogP contribution in [0.2, 0.25) is 0 Å². The molecule has 1 rings (SSSR count). The van der Waals surface area contributed by atoms with Crippen LogP contribution in [0, 0.1) is 5.82 Å². The second kappa shape index (κ2) is 6.11. The molecule has 0 radical (unpaired) electrons. The van der Waals surface area contributed by atoms with Crippen molar-refractivity contribution in [1.82, 2.24) is 0 Å². The van der Waals surface area contributed by atoms with Gasteiger partial charge in [0.2, 0.25) is 0 Å². The minimum Gasteiger partial charge on any atom is -0.371 e. The normalized spacial score (nSPS) is 13.6. The van der Waals surface area contributed by atoms with Gasteiger partial charge in [-0.1, -0.05) is 0 Å². The van der Waals surface area contributed by atoms with Crippen molar-refractivity contribution >= 4 is 10.8 Å². The molecule has 0 aromatic heterocycles. The molecule has 1 aromatic carbocycles. The highest BCUT2D eigenvalue weighted by Gasteiger charge is 2.27. The van der Waals surface area contributed by atoms with E-state index in [-0.39, 0.29) is 12.4 Å². The molecule has 2 nitrogen and oxygen atoms in total. The Kier molecular flexibility index (Phi) is 5.07. The Morgan fingerprint density at radius 1 is 1.18 bits per heavy atom. The lowest BCUT2D eigenvalue weighted by Crippen LogP contribution is -2.19. The van der Waals surface area contributed by atoms with Crippen molar-refractivity contribution in [3.05, 3.63) is 30.1 Å². The third-order valence-electron chi connectivity index (χ3n) is 1.76. The lowest BCUT2D eigenvalue weighted by Gasteiger charge is -2.07. The van der Waals surface area contributed by atoms with Crippen molar-refractivity contribution in [3.63, 3.8) is 0 Å². The van der Waals surface area contributed by atoms with Gasteiger partial charge < -0.3 is 4.74 Å². The lowest BCUT2D eigenvalue weighted by atomic mass is 10.4.